The molecular weight excluding hydrogens is 312 g/mol. The molecule has 1 heterocycles. The zero-order chi connectivity index (χ0) is 17.1. The molecule has 2 aromatic rings. The fourth-order valence-electron chi connectivity index (χ4n) is 1.24. The molecule has 22 heavy (non-hydrogen) atoms. The van der Waals surface area contributed by atoms with E-state index in [9.17, 15) is 4.79 Å². The lowest BCUT2D eigenvalue weighted by Crippen LogP contribution is -2.16. The molecule has 0 bridgehead atoms. The van der Waals surface area contributed by atoms with Gasteiger partial charge >= 0.3 is 0 Å². The minimum absolute atomic E-state index is 0.213. The first-order chi connectivity index (χ1) is 10.3. The predicted octanol–water partition coefficient (Wildman–Crippen LogP) is 4.78. The lowest BCUT2D eigenvalue weighted by molar-refractivity contribution is -0.119. The average molecular weight is 339 g/mol. The van der Waals surface area contributed by atoms with Crippen molar-refractivity contribution >= 4 is 44.5 Å². The fraction of sp³-hybridized carbons (Fsp3) is 0.471. The SMILES string of the molecule is CC(=O)C(C)C.CCNC(C)=S.Cc1nc2ccccc2s1. The number of carbonyl (C=O) groups is 1. The number of hydrogen-bond donors (Lipinski definition) is 1. The Bertz CT molecular complexity index is 558. The Kier molecular flexibility index (Phi) is 10.6. The molecule has 0 fully saturated rings. The van der Waals surface area contributed by atoms with Crippen molar-refractivity contribution in [2.45, 2.75) is 41.5 Å². The maximum atomic E-state index is 10.1. The Morgan fingerprint density at radius 3 is 2.23 bits per heavy atom. The highest BCUT2D eigenvalue weighted by atomic mass is 32.1. The lowest BCUT2D eigenvalue weighted by atomic mass is 10.1. The molecule has 5 heteroatoms. The van der Waals surface area contributed by atoms with E-state index >= 15 is 0 Å². The van der Waals surface area contributed by atoms with Gasteiger partial charge in [-0.25, -0.2) is 4.98 Å². The zero-order valence-corrected chi connectivity index (χ0v) is 15.9. The smallest absolute Gasteiger partial charge is 0.132 e. The first-order valence-corrected chi connectivity index (χ1v) is 8.57. The van der Waals surface area contributed by atoms with E-state index in [1.807, 2.05) is 52.8 Å². The van der Waals surface area contributed by atoms with E-state index in [4.69, 9.17) is 0 Å². The summed E-state index contributed by atoms with van der Waals surface area (Å²) in [5.41, 5.74) is 1.12. The normalized spacial score (nSPS) is 9.41. The van der Waals surface area contributed by atoms with Gasteiger partial charge in [-0.1, -0.05) is 38.2 Å². The van der Waals surface area contributed by atoms with Crippen LogP contribution in [0.15, 0.2) is 24.3 Å². The molecule has 0 aliphatic rings. The number of carbonyl (C=O) groups excluding carboxylic acids is 1. The predicted molar refractivity (Wildman–Crippen MR) is 102 cm³/mol. The van der Waals surface area contributed by atoms with Crippen LogP contribution >= 0.6 is 23.6 Å². The molecular formula is C17H26N2OS2. The molecule has 0 amide bonds. The summed E-state index contributed by atoms with van der Waals surface area (Å²) in [5, 5.41) is 4.08. The van der Waals surface area contributed by atoms with Gasteiger partial charge in [-0.2, -0.15) is 0 Å². The van der Waals surface area contributed by atoms with Gasteiger partial charge in [0.05, 0.1) is 20.2 Å². The van der Waals surface area contributed by atoms with Crippen LogP contribution in [0.5, 0.6) is 0 Å². The van der Waals surface area contributed by atoms with E-state index in [0.29, 0.717) is 0 Å². The van der Waals surface area contributed by atoms with Crippen molar-refractivity contribution in [1.29, 1.82) is 0 Å². The summed E-state index contributed by atoms with van der Waals surface area (Å²) >= 11 is 6.42. The third kappa shape index (κ3) is 9.58. The molecule has 0 unspecified atom stereocenters. The summed E-state index contributed by atoms with van der Waals surface area (Å²) in [7, 11) is 0. The van der Waals surface area contributed by atoms with Gasteiger partial charge in [0.15, 0.2) is 0 Å². The molecule has 2 rings (SSSR count). The van der Waals surface area contributed by atoms with Crippen molar-refractivity contribution in [3.8, 4) is 0 Å². The van der Waals surface area contributed by atoms with Gasteiger partial charge < -0.3 is 5.32 Å². The number of thiazole rings is 1. The number of ketones is 1. The summed E-state index contributed by atoms with van der Waals surface area (Å²) in [5.74, 6) is 0.472. The first-order valence-electron chi connectivity index (χ1n) is 7.35. The van der Waals surface area contributed by atoms with Crippen molar-refractivity contribution < 1.29 is 4.79 Å². The maximum Gasteiger partial charge on any atom is 0.132 e. The van der Waals surface area contributed by atoms with Crippen LogP contribution in [0.25, 0.3) is 10.2 Å². The molecule has 0 spiro atoms. The number of nitrogens with zero attached hydrogens (tertiary/aromatic N) is 1. The molecule has 1 aromatic heterocycles. The summed E-state index contributed by atoms with van der Waals surface area (Å²) < 4.78 is 1.28. The molecule has 0 aliphatic carbocycles. The van der Waals surface area contributed by atoms with E-state index in [1.54, 1.807) is 18.3 Å². The largest absolute Gasteiger partial charge is 0.380 e. The number of para-hydroxylation sites is 1. The molecule has 0 atom stereocenters. The van der Waals surface area contributed by atoms with Gasteiger partial charge in [-0.3, -0.25) is 4.79 Å². The van der Waals surface area contributed by atoms with Gasteiger partial charge in [0, 0.05) is 12.5 Å². The number of fused-ring (bicyclic) bond motifs is 1. The third-order valence-corrected chi connectivity index (χ3v) is 3.74. The second kappa shape index (κ2) is 11.3. The number of nitrogens with one attached hydrogen (secondary N) is 1. The zero-order valence-electron chi connectivity index (χ0n) is 14.3. The highest BCUT2D eigenvalue weighted by Crippen LogP contribution is 2.19. The maximum absolute atomic E-state index is 10.1. The van der Waals surface area contributed by atoms with E-state index in [2.05, 4.69) is 28.6 Å². The van der Waals surface area contributed by atoms with Crippen molar-refractivity contribution in [2.24, 2.45) is 5.92 Å². The van der Waals surface area contributed by atoms with E-state index in [0.717, 1.165) is 22.1 Å². The average Bonchev–Trinajstić information content (AvgIpc) is 2.79. The van der Waals surface area contributed by atoms with Gasteiger partial charge in [0.25, 0.3) is 0 Å². The van der Waals surface area contributed by atoms with Gasteiger partial charge in [0.1, 0.15) is 5.78 Å². The number of thiocarbonyl (C=S) groups is 1. The number of aromatic nitrogens is 1. The Labute approximate surface area is 143 Å². The van der Waals surface area contributed by atoms with Crippen LogP contribution < -0.4 is 5.32 Å². The monoisotopic (exact) mass is 338 g/mol. The van der Waals surface area contributed by atoms with Crippen LogP contribution in [0.4, 0.5) is 0 Å². The molecule has 1 N–H and O–H groups in total. The van der Waals surface area contributed by atoms with Crippen molar-refractivity contribution in [2.75, 3.05) is 6.54 Å². The number of benzene rings is 1. The van der Waals surface area contributed by atoms with Crippen LogP contribution in [0.1, 0.15) is 39.6 Å². The van der Waals surface area contributed by atoms with Gasteiger partial charge in [-0.15, -0.1) is 11.3 Å². The highest BCUT2D eigenvalue weighted by molar-refractivity contribution is 7.80. The van der Waals surface area contributed by atoms with Crippen LogP contribution in [-0.4, -0.2) is 22.3 Å². The molecule has 0 radical (unpaired) electrons. The lowest BCUT2D eigenvalue weighted by Gasteiger charge is -1.92. The summed E-state index contributed by atoms with van der Waals surface area (Å²) in [4.78, 5) is 15.3. The highest BCUT2D eigenvalue weighted by Gasteiger charge is 1.95. The number of rotatable bonds is 2. The van der Waals surface area contributed by atoms with Crippen molar-refractivity contribution in [3.05, 3.63) is 29.3 Å². The second-order valence-corrected chi connectivity index (χ2v) is 6.90. The summed E-state index contributed by atoms with van der Waals surface area (Å²) in [6, 6.07) is 8.19. The Balaban J connectivity index is 0.000000324. The molecule has 0 saturated carbocycles. The van der Waals surface area contributed by atoms with Crippen molar-refractivity contribution in [3.63, 3.8) is 0 Å². The van der Waals surface area contributed by atoms with Crippen LogP contribution in [0.2, 0.25) is 0 Å². The van der Waals surface area contributed by atoms with E-state index in [1.165, 1.54) is 4.70 Å². The van der Waals surface area contributed by atoms with Gasteiger partial charge in [-0.05, 0) is 39.8 Å². The first kappa shape index (κ1) is 20.7. The van der Waals surface area contributed by atoms with Crippen LogP contribution in [-0.2, 0) is 4.79 Å². The molecule has 0 saturated heterocycles. The van der Waals surface area contributed by atoms with Crippen LogP contribution in [0.3, 0.4) is 0 Å². The molecule has 0 aliphatic heterocycles. The molecule has 1 aromatic carbocycles. The fourth-order valence-corrected chi connectivity index (χ4v) is 2.21. The Morgan fingerprint density at radius 1 is 1.32 bits per heavy atom. The summed E-state index contributed by atoms with van der Waals surface area (Å²) in [6.07, 6.45) is 0. The van der Waals surface area contributed by atoms with Gasteiger partial charge in [0.2, 0.25) is 0 Å². The number of Topliss-reactive ketones (excluding diaryl/α,β-unsaturated/α-hetero) is 1. The quantitative estimate of drug-likeness (QED) is 0.800. The minimum Gasteiger partial charge on any atom is -0.380 e. The third-order valence-electron chi connectivity index (χ3n) is 2.64. The number of hydrogen-bond acceptors (Lipinski definition) is 4. The minimum atomic E-state index is 0.213. The van der Waals surface area contributed by atoms with E-state index in [-0.39, 0.29) is 11.7 Å². The molecule has 122 valence electrons. The van der Waals surface area contributed by atoms with E-state index < -0.39 is 0 Å². The Hall–Kier alpha value is -1.33. The Morgan fingerprint density at radius 2 is 1.86 bits per heavy atom. The second-order valence-electron chi connectivity index (χ2n) is 5.05. The molecule has 3 nitrogen and oxygen atoms in total. The number of aryl methyl sites for hydroxylation is 1. The topological polar surface area (TPSA) is 42.0 Å². The standard InChI is InChI=1S/C8H7NS.C5H10O.C4H9NS/c1-6-9-7-4-2-3-5-8(7)10-6;1-4(2)5(3)6;1-3-5-4(2)6/h2-5H,1H3;4H,1-3H3;3H2,1-2H3,(H,5,6). The summed E-state index contributed by atoms with van der Waals surface area (Å²) in [6.45, 7) is 12.3. The van der Waals surface area contributed by atoms with Crippen molar-refractivity contribution in [1.82, 2.24) is 10.3 Å². The van der Waals surface area contributed by atoms with Crippen LogP contribution in [0, 0.1) is 12.8 Å².